The Labute approximate surface area is 346 Å². The Morgan fingerprint density at radius 1 is 0.305 bits per heavy atom. The van der Waals surface area contributed by atoms with E-state index in [0.29, 0.717) is 17.5 Å². The molecule has 59 heavy (non-hydrogen) atoms. The minimum Gasteiger partial charge on any atom is -0.208 e. The van der Waals surface area contributed by atoms with Gasteiger partial charge in [-0.05, 0) is 123 Å². The lowest BCUT2D eigenvalue weighted by Gasteiger charge is -2.16. The highest BCUT2D eigenvalue weighted by Gasteiger charge is 2.20. The number of hydrogen-bond donors (Lipinski definition) is 0. The van der Waals surface area contributed by atoms with Gasteiger partial charge < -0.3 is 0 Å². The Morgan fingerprint density at radius 3 is 1.51 bits per heavy atom. The number of benzene rings is 8. The van der Waals surface area contributed by atoms with Crippen molar-refractivity contribution in [3.8, 4) is 89.8 Å². The summed E-state index contributed by atoms with van der Waals surface area (Å²) < 4.78 is 0. The zero-order valence-electron chi connectivity index (χ0n) is 33.4. The fourth-order valence-electron chi connectivity index (χ4n) is 8.79. The first kappa shape index (κ1) is 36.1. The fourth-order valence-corrected chi connectivity index (χ4v) is 8.79. The van der Waals surface area contributed by atoms with Gasteiger partial charge in [-0.1, -0.05) is 176 Å². The van der Waals surface area contributed by atoms with Crippen LogP contribution in [0, 0.1) is 13.8 Å². The molecule has 3 nitrogen and oxygen atoms in total. The van der Waals surface area contributed by atoms with Crippen LogP contribution in [0.15, 0.2) is 188 Å². The summed E-state index contributed by atoms with van der Waals surface area (Å²) in [5, 5.41) is 0. The normalized spacial score (nSPS) is 12.0. The second-order valence-corrected chi connectivity index (χ2v) is 15.6. The van der Waals surface area contributed by atoms with E-state index < -0.39 is 0 Å². The highest BCUT2D eigenvalue weighted by atomic mass is 15.0. The van der Waals surface area contributed by atoms with Crippen LogP contribution in [-0.4, -0.2) is 15.0 Å². The highest BCUT2D eigenvalue weighted by Crippen LogP contribution is 2.41. The SMILES string of the molecule is Cc1ccccc1-c1c(C)cccc1-c1cccc(-c2ccc(-c3nc(-c4ccccc4)nc(-c4cccc(-c5cccc6c5-c5ccccc5CCC6)c4)n3)cc2)c1. The lowest BCUT2D eigenvalue weighted by Crippen LogP contribution is -2.00. The van der Waals surface area contributed by atoms with Gasteiger partial charge in [-0.15, -0.1) is 0 Å². The molecule has 3 heteroatoms. The molecule has 1 aliphatic carbocycles. The Hall–Kier alpha value is -7.23. The van der Waals surface area contributed by atoms with E-state index in [2.05, 4.69) is 184 Å². The topological polar surface area (TPSA) is 38.7 Å². The first-order valence-corrected chi connectivity index (χ1v) is 20.6. The van der Waals surface area contributed by atoms with Crippen LogP contribution in [0.2, 0.25) is 0 Å². The molecule has 0 unspecified atom stereocenters. The van der Waals surface area contributed by atoms with Crippen molar-refractivity contribution >= 4 is 0 Å². The average molecular weight is 758 g/mol. The molecular weight excluding hydrogens is 715 g/mol. The van der Waals surface area contributed by atoms with Crippen LogP contribution >= 0.6 is 0 Å². The van der Waals surface area contributed by atoms with Gasteiger partial charge in [-0.3, -0.25) is 0 Å². The fraction of sp³-hybridized carbons (Fsp3) is 0.0893. The molecule has 1 aromatic heterocycles. The molecule has 8 aromatic carbocycles. The summed E-state index contributed by atoms with van der Waals surface area (Å²) in [7, 11) is 0. The van der Waals surface area contributed by atoms with Crippen molar-refractivity contribution in [2.45, 2.75) is 33.1 Å². The third-order valence-electron chi connectivity index (χ3n) is 11.8. The van der Waals surface area contributed by atoms with E-state index in [1.54, 1.807) is 0 Å². The molecule has 0 amide bonds. The van der Waals surface area contributed by atoms with Crippen molar-refractivity contribution in [3.05, 3.63) is 210 Å². The molecule has 1 heterocycles. The summed E-state index contributed by atoms with van der Waals surface area (Å²) in [6.45, 7) is 4.39. The Morgan fingerprint density at radius 2 is 0.763 bits per heavy atom. The standard InChI is InChI=1S/C56H43N3/c1-37-15-6-8-27-48(37)52-38(2)16-10-29-50(52)45-24-12-23-44(35-45)39-31-33-43(34-32-39)55-57-54(42-18-4-3-5-19-42)58-56(59-55)47-26-13-25-46(36-47)51-30-14-22-41-21-11-20-40-17-7-9-28-49(40)53(41)51/h3-10,12-19,22-36H,11,20-21H2,1-2H3. The first-order valence-electron chi connectivity index (χ1n) is 20.6. The molecule has 282 valence electrons. The van der Waals surface area contributed by atoms with Gasteiger partial charge in [-0.25, -0.2) is 15.0 Å². The number of fused-ring (bicyclic) bond motifs is 3. The minimum atomic E-state index is 0.643. The average Bonchev–Trinajstić information content (AvgIpc) is 3.49. The quantitative estimate of drug-likeness (QED) is 0.162. The molecule has 9 aromatic rings. The maximum atomic E-state index is 5.16. The molecule has 0 radical (unpaired) electrons. The first-order chi connectivity index (χ1) is 29.1. The number of rotatable bonds is 7. The summed E-state index contributed by atoms with van der Waals surface area (Å²) in [5.41, 5.74) is 20.6. The van der Waals surface area contributed by atoms with Crippen molar-refractivity contribution in [1.82, 2.24) is 15.0 Å². The van der Waals surface area contributed by atoms with E-state index in [9.17, 15) is 0 Å². The Kier molecular flexibility index (Phi) is 9.56. The van der Waals surface area contributed by atoms with E-state index in [1.165, 1.54) is 61.2 Å². The summed E-state index contributed by atoms with van der Waals surface area (Å²) >= 11 is 0. The van der Waals surface area contributed by atoms with Crippen LogP contribution < -0.4 is 0 Å². The molecule has 0 atom stereocenters. The third kappa shape index (κ3) is 7.06. The number of aryl methyl sites for hydroxylation is 4. The monoisotopic (exact) mass is 757 g/mol. The van der Waals surface area contributed by atoms with Gasteiger partial charge in [-0.2, -0.15) is 0 Å². The molecule has 0 saturated carbocycles. The number of nitrogens with zero attached hydrogens (tertiary/aromatic N) is 3. The molecule has 10 rings (SSSR count). The van der Waals surface area contributed by atoms with E-state index in [-0.39, 0.29) is 0 Å². The van der Waals surface area contributed by atoms with Crippen LogP contribution in [0.25, 0.3) is 89.8 Å². The molecule has 0 bridgehead atoms. The van der Waals surface area contributed by atoms with Gasteiger partial charge in [0.25, 0.3) is 0 Å². The van der Waals surface area contributed by atoms with Gasteiger partial charge in [0.15, 0.2) is 17.5 Å². The summed E-state index contributed by atoms with van der Waals surface area (Å²) in [6.07, 6.45) is 3.32. The maximum absolute atomic E-state index is 5.16. The van der Waals surface area contributed by atoms with Crippen LogP contribution in [0.5, 0.6) is 0 Å². The van der Waals surface area contributed by atoms with Crippen LogP contribution in [0.3, 0.4) is 0 Å². The largest absolute Gasteiger partial charge is 0.208 e. The smallest absolute Gasteiger partial charge is 0.164 e. The second-order valence-electron chi connectivity index (χ2n) is 15.6. The molecule has 0 aliphatic heterocycles. The van der Waals surface area contributed by atoms with Crippen molar-refractivity contribution in [3.63, 3.8) is 0 Å². The number of aromatic nitrogens is 3. The zero-order chi connectivity index (χ0) is 39.7. The van der Waals surface area contributed by atoms with Crippen molar-refractivity contribution in [2.75, 3.05) is 0 Å². The summed E-state index contributed by atoms with van der Waals surface area (Å²) in [4.78, 5) is 15.3. The highest BCUT2D eigenvalue weighted by molar-refractivity contribution is 5.90. The van der Waals surface area contributed by atoms with Crippen LogP contribution in [0.1, 0.15) is 28.7 Å². The van der Waals surface area contributed by atoms with Crippen molar-refractivity contribution in [2.24, 2.45) is 0 Å². The van der Waals surface area contributed by atoms with Gasteiger partial charge in [0.05, 0.1) is 0 Å². The second kappa shape index (κ2) is 15.6. The minimum absolute atomic E-state index is 0.643. The van der Waals surface area contributed by atoms with Gasteiger partial charge >= 0.3 is 0 Å². The summed E-state index contributed by atoms with van der Waals surface area (Å²) in [6, 6.07) is 67.3. The van der Waals surface area contributed by atoms with Gasteiger partial charge in [0.2, 0.25) is 0 Å². The molecule has 0 N–H and O–H groups in total. The van der Waals surface area contributed by atoms with E-state index in [0.717, 1.165) is 52.6 Å². The predicted octanol–water partition coefficient (Wildman–Crippen LogP) is 14.3. The molecule has 0 saturated heterocycles. The summed E-state index contributed by atoms with van der Waals surface area (Å²) in [5.74, 6) is 1.94. The molecule has 1 aliphatic rings. The predicted molar refractivity (Wildman–Crippen MR) is 245 cm³/mol. The van der Waals surface area contributed by atoms with Crippen LogP contribution in [0.4, 0.5) is 0 Å². The van der Waals surface area contributed by atoms with Crippen LogP contribution in [-0.2, 0) is 12.8 Å². The van der Waals surface area contributed by atoms with E-state index in [4.69, 9.17) is 15.0 Å². The van der Waals surface area contributed by atoms with E-state index >= 15 is 0 Å². The molecule has 0 fully saturated rings. The third-order valence-corrected chi connectivity index (χ3v) is 11.8. The Bertz CT molecular complexity index is 2980. The van der Waals surface area contributed by atoms with Crippen molar-refractivity contribution < 1.29 is 0 Å². The lowest BCUT2D eigenvalue weighted by atomic mass is 9.88. The van der Waals surface area contributed by atoms with E-state index in [1.807, 2.05) is 18.2 Å². The Balaban J connectivity index is 1.03. The van der Waals surface area contributed by atoms with Gasteiger partial charge in [0.1, 0.15) is 0 Å². The molecule has 0 spiro atoms. The zero-order valence-corrected chi connectivity index (χ0v) is 33.4. The van der Waals surface area contributed by atoms with Crippen molar-refractivity contribution in [1.29, 1.82) is 0 Å². The molecular formula is C56H43N3. The number of hydrogen-bond acceptors (Lipinski definition) is 3. The van der Waals surface area contributed by atoms with Gasteiger partial charge in [0, 0.05) is 16.7 Å². The lowest BCUT2D eigenvalue weighted by molar-refractivity contribution is 0.835. The maximum Gasteiger partial charge on any atom is 0.164 e.